The Morgan fingerprint density at radius 1 is 0.848 bits per heavy atom. The summed E-state index contributed by atoms with van der Waals surface area (Å²) in [7, 11) is 0. The van der Waals surface area contributed by atoms with Crippen LogP contribution in [-0.2, 0) is 6.54 Å². The molecule has 9 nitrogen and oxygen atoms in total. The van der Waals surface area contributed by atoms with Gasteiger partial charge in [0.1, 0.15) is 12.2 Å². The number of imidazole rings is 2. The van der Waals surface area contributed by atoms with Crippen molar-refractivity contribution in [3.05, 3.63) is 91.3 Å². The molecule has 0 bridgehead atoms. The lowest BCUT2D eigenvalue weighted by Gasteiger charge is -2.10. The van der Waals surface area contributed by atoms with Gasteiger partial charge in [-0.15, -0.1) is 0 Å². The molecule has 0 unspecified atom stereocenters. The highest BCUT2D eigenvalue weighted by Gasteiger charge is 2.15. The van der Waals surface area contributed by atoms with Crippen LogP contribution < -0.4 is 10.6 Å². The fraction of sp³-hybridized carbons (Fsp3) is 0.0417. The highest BCUT2D eigenvalue weighted by Crippen LogP contribution is 2.25. The van der Waals surface area contributed by atoms with Gasteiger partial charge >= 0.3 is 0 Å². The largest absolute Gasteiger partial charge is 0.361 e. The van der Waals surface area contributed by atoms with E-state index < -0.39 is 0 Å². The topological polar surface area (TPSA) is 109 Å². The van der Waals surface area contributed by atoms with Crippen molar-refractivity contribution in [1.29, 1.82) is 0 Å². The van der Waals surface area contributed by atoms with E-state index in [1.54, 1.807) is 18.7 Å². The fourth-order valence-corrected chi connectivity index (χ4v) is 3.68. The highest BCUT2D eigenvalue weighted by atomic mass is 15.2. The molecule has 3 N–H and O–H groups in total. The first-order valence-corrected chi connectivity index (χ1v) is 10.5. The molecule has 0 spiro atoms. The van der Waals surface area contributed by atoms with Crippen LogP contribution in [0.4, 0.5) is 17.5 Å². The van der Waals surface area contributed by atoms with E-state index in [-0.39, 0.29) is 0 Å². The zero-order valence-corrected chi connectivity index (χ0v) is 17.5. The normalized spacial score (nSPS) is 11.2. The van der Waals surface area contributed by atoms with Crippen LogP contribution >= 0.6 is 0 Å². The number of pyridine rings is 1. The summed E-state index contributed by atoms with van der Waals surface area (Å²) in [5.74, 6) is 1.89. The maximum Gasteiger partial charge on any atom is 0.231 e. The zero-order valence-electron chi connectivity index (χ0n) is 17.5. The van der Waals surface area contributed by atoms with Gasteiger partial charge in [0.2, 0.25) is 5.95 Å². The van der Waals surface area contributed by atoms with Gasteiger partial charge in [-0.05, 0) is 36.4 Å². The summed E-state index contributed by atoms with van der Waals surface area (Å²) in [6.45, 7) is 0.466. The van der Waals surface area contributed by atoms with Gasteiger partial charge in [-0.2, -0.15) is 9.97 Å². The molecule has 0 aliphatic rings. The minimum absolute atomic E-state index is 0.457. The molecule has 0 saturated heterocycles. The Balaban J connectivity index is 1.40. The Labute approximate surface area is 188 Å². The molecule has 160 valence electrons. The summed E-state index contributed by atoms with van der Waals surface area (Å²) >= 11 is 0. The molecule has 4 heterocycles. The lowest BCUT2D eigenvalue weighted by Crippen LogP contribution is -2.07. The number of para-hydroxylation sites is 3. The lowest BCUT2D eigenvalue weighted by molar-refractivity contribution is 0.996. The van der Waals surface area contributed by atoms with Gasteiger partial charge in [-0.3, -0.25) is 9.55 Å². The van der Waals surface area contributed by atoms with Crippen molar-refractivity contribution in [1.82, 2.24) is 34.5 Å². The number of aromatic amines is 1. The van der Waals surface area contributed by atoms with Crippen LogP contribution in [0, 0.1) is 0 Å². The van der Waals surface area contributed by atoms with Gasteiger partial charge in [0.25, 0.3) is 0 Å². The molecule has 0 radical (unpaired) electrons. The molecule has 0 aliphatic heterocycles. The van der Waals surface area contributed by atoms with E-state index in [0.717, 1.165) is 28.2 Å². The first-order chi connectivity index (χ1) is 16.3. The second-order valence-corrected chi connectivity index (χ2v) is 7.43. The van der Waals surface area contributed by atoms with Gasteiger partial charge in [0.15, 0.2) is 17.0 Å². The van der Waals surface area contributed by atoms with Crippen LogP contribution in [0.3, 0.4) is 0 Å². The maximum absolute atomic E-state index is 4.75. The minimum atomic E-state index is 0.457. The Hall–Kier alpha value is -4.79. The molecule has 33 heavy (non-hydrogen) atoms. The predicted molar refractivity (Wildman–Crippen MR) is 128 cm³/mol. The second kappa shape index (κ2) is 8.04. The molecule has 0 atom stereocenters. The standard InChI is InChI=1S/C24H19N9/c1-2-6-17(7-3-1)33-15-27-21-22(26-14-20-29-18-8-4-5-9-19(18)30-20)31-24(32-23(21)33)28-16-10-12-25-13-11-16/h1-13,15H,14H2,(H,29,30)(H2,25,26,28,31,32). The van der Waals surface area contributed by atoms with E-state index in [4.69, 9.17) is 9.97 Å². The molecule has 2 aromatic carbocycles. The van der Waals surface area contributed by atoms with Crippen LogP contribution in [0.1, 0.15) is 5.82 Å². The van der Waals surface area contributed by atoms with Crippen molar-refractivity contribution >= 4 is 39.7 Å². The van der Waals surface area contributed by atoms with Crippen molar-refractivity contribution in [2.45, 2.75) is 6.54 Å². The summed E-state index contributed by atoms with van der Waals surface area (Å²) in [6, 6.07) is 21.7. The molecular weight excluding hydrogens is 414 g/mol. The van der Waals surface area contributed by atoms with Crippen LogP contribution in [-0.4, -0.2) is 34.5 Å². The molecule has 0 fully saturated rings. The lowest BCUT2D eigenvalue weighted by atomic mass is 10.3. The third kappa shape index (κ3) is 3.72. The number of nitrogens with zero attached hydrogens (tertiary/aromatic N) is 6. The predicted octanol–water partition coefficient (Wildman–Crippen LogP) is 4.44. The first kappa shape index (κ1) is 18.9. The molecule has 4 aromatic heterocycles. The minimum Gasteiger partial charge on any atom is -0.361 e. The zero-order chi connectivity index (χ0) is 22.0. The summed E-state index contributed by atoms with van der Waals surface area (Å²) < 4.78 is 1.95. The summed E-state index contributed by atoms with van der Waals surface area (Å²) in [5.41, 5.74) is 5.11. The Morgan fingerprint density at radius 2 is 1.67 bits per heavy atom. The van der Waals surface area contributed by atoms with E-state index in [0.29, 0.717) is 29.5 Å². The van der Waals surface area contributed by atoms with Crippen LogP contribution in [0.25, 0.3) is 27.9 Å². The van der Waals surface area contributed by atoms with Crippen molar-refractivity contribution in [3.63, 3.8) is 0 Å². The van der Waals surface area contributed by atoms with Crippen LogP contribution in [0.15, 0.2) is 85.5 Å². The quantitative estimate of drug-likeness (QED) is 0.356. The number of aromatic nitrogens is 7. The summed E-state index contributed by atoms with van der Waals surface area (Å²) in [6.07, 6.45) is 5.20. The third-order valence-electron chi connectivity index (χ3n) is 5.23. The second-order valence-electron chi connectivity index (χ2n) is 7.43. The number of H-pyrrole nitrogens is 1. The fourth-order valence-electron chi connectivity index (χ4n) is 3.68. The number of rotatable bonds is 6. The van der Waals surface area contributed by atoms with E-state index in [9.17, 15) is 0 Å². The van der Waals surface area contributed by atoms with Gasteiger partial charge in [0, 0.05) is 23.8 Å². The monoisotopic (exact) mass is 433 g/mol. The van der Waals surface area contributed by atoms with Crippen molar-refractivity contribution < 1.29 is 0 Å². The average molecular weight is 433 g/mol. The summed E-state index contributed by atoms with van der Waals surface area (Å²) in [5, 5.41) is 6.64. The number of fused-ring (bicyclic) bond motifs is 2. The first-order valence-electron chi connectivity index (χ1n) is 10.5. The van der Waals surface area contributed by atoms with Crippen LogP contribution in [0.5, 0.6) is 0 Å². The Morgan fingerprint density at radius 3 is 2.52 bits per heavy atom. The number of nitrogens with one attached hydrogen (secondary N) is 3. The van der Waals surface area contributed by atoms with Gasteiger partial charge in [0.05, 0.1) is 17.6 Å². The smallest absolute Gasteiger partial charge is 0.231 e. The number of hydrogen-bond acceptors (Lipinski definition) is 7. The van der Waals surface area contributed by atoms with Crippen molar-refractivity contribution in [3.8, 4) is 5.69 Å². The SMILES string of the molecule is c1ccc(-n2cnc3c(NCc4nc5ccccc5[nH]4)nc(Nc4ccncc4)nc32)cc1. The molecule has 0 aliphatic carbocycles. The van der Waals surface area contributed by atoms with E-state index in [1.807, 2.05) is 71.3 Å². The van der Waals surface area contributed by atoms with Crippen molar-refractivity contribution in [2.24, 2.45) is 0 Å². The molecule has 0 amide bonds. The van der Waals surface area contributed by atoms with Gasteiger partial charge in [-0.25, -0.2) is 9.97 Å². The van der Waals surface area contributed by atoms with E-state index in [2.05, 4.69) is 30.6 Å². The summed E-state index contributed by atoms with van der Waals surface area (Å²) in [4.78, 5) is 26.1. The molecular formula is C24H19N9. The molecule has 6 aromatic rings. The number of hydrogen-bond donors (Lipinski definition) is 3. The van der Waals surface area contributed by atoms with Crippen molar-refractivity contribution in [2.75, 3.05) is 10.6 Å². The van der Waals surface area contributed by atoms with Gasteiger partial charge < -0.3 is 15.6 Å². The molecule has 9 heteroatoms. The third-order valence-corrected chi connectivity index (χ3v) is 5.23. The highest BCUT2D eigenvalue weighted by molar-refractivity contribution is 5.86. The Kier molecular flexibility index (Phi) is 4.62. The van der Waals surface area contributed by atoms with E-state index in [1.165, 1.54) is 0 Å². The van der Waals surface area contributed by atoms with E-state index >= 15 is 0 Å². The average Bonchev–Trinajstić information content (AvgIpc) is 3.48. The van der Waals surface area contributed by atoms with Crippen LogP contribution in [0.2, 0.25) is 0 Å². The molecule has 6 rings (SSSR count). The number of benzene rings is 2. The Bertz CT molecular complexity index is 1510. The number of anilines is 3. The maximum atomic E-state index is 4.75. The van der Waals surface area contributed by atoms with Gasteiger partial charge in [-0.1, -0.05) is 30.3 Å². The molecule has 0 saturated carbocycles.